The lowest BCUT2D eigenvalue weighted by molar-refractivity contribution is -0.274. The number of nitrogens with one attached hydrogen (secondary N) is 2. The number of alkyl halides is 3. The average molecular weight is 484 g/mol. The summed E-state index contributed by atoms with van der Waals surface area (Å²) in [4.78, 5) is 0. The Morgan fingerprint density at radius 1 is 1.06 bits per heavy atom. The molecular formula is C24H20F3N5OS. The maximum absolute atomic E-state index is 12.3. The fourth-order valence-corrected chi connectivity index (χ4v) is 3.53. The fourth-order valence-electron chi connectivity index (χ4n) is 3.38. The van der Waals surface area contributed by atoms with Crippen LogP contribution in [0.5, 0.6) is 5.75 Å². The minimum absolute atomic E-state index is 0.288. The molecule has 2 N–H and O–H groups in total. The first-order valence-corrected chi connectivity index (χ1v) is 10.6. The second-order valence-electron chi connectivity index (χ2n) is 7.52. The van der Waals surface area contributed by atoms with Gasteiger partial charge in [0, 0.05) is 17.3 Å². The zero-order valence-electron chi connectivity index (χ0n) is 18.2. The number of benzene rings is 3. The van der Waals surface area contributed by atoms with Gasteiger partial charge in [-0.3, -0.25) is 5.43 Å². The molecule has 0 fully saturated rings. The number of hydrogen-bond acceptors (Lipinski definition) is 4. The Hall–Kier alpha value is -3.92. The molecule has 3 aromatic carbocycles. The van der Waals surface area contributed by atoms with E-state index in [0.29, 0.717) is 10.8 Å². The first-order chi connectivity index (χ1) is 16.2. The molecular weight excluding hydrogens is 463 g/mol. The van der Waals surface area contributed by atoms with Gasteiger partial charge in [0.15, 0.2) is 5.11 Å². The van der Waals surface area contributed by atoms with Crippen LogP contribution in [0.1, 0.15) is 16.7 Å². The van der Waals surface area contributed by atoms with Crippen LogP contribution in [0.4, 0.5) is 18.9 Å². The van der Waals surface area contributed by atoms with E-state index in [-0.39, 0.29) is 5.75 Å². The number of anilines is 1. The largest absolute Gasteiger partial charge is 0.573 e. The van der Waals surface area contributed by atoms with Crippen molar-refractivity contribution < 1.29 is 17.9 Å². The van der Waals surface area contributed by atoms with E-state index >= 15 is 0 Å². The standard InChI is InChI=1S/C24H20F3N5OS/c1-15-4-3-5-16(2)22(15)29-23(34)30-28-13-17-6-11-21-18(12-17)14-32(31-21)19-7-9-20(10-8-19)33-24(25,26)27/h3-14H,1-2H3,(H2,29,30,34). The van der Waals surface area contributed by atoms with Crippen LogP contribution in [-0.4, -0.2) is 27.5 Å². The number of aryl methyl sites for hydroxylation is 2. The molecule has 0 saturated heterocycles. The summed E-state index contributed by atoms with van der Waals surface area (Å²) in [6, 6.07) is 17.1. The molecule has 4 aromatic rings. The van der Waals surface area contributed by atoms with Crippen molar-refractivity contribution >= 4 is 40.1 Å². The molecule has 174 valence electrons. The number of aromatic nitrogens is 2. The second-order valence-corrected chi connectivity index (χ2v) is 7.93. The van der Waals surface area contributed by atoms with Gasteiger partial charge >= 0.3 is 6.36 Å². The minimum atomic E-state index is -4.73. The van der Waals surface area contributed by atoms with Crippen LogP contribution in [0.25, 0.3) is 16.6 Å². The van der Waals surface area contributed by atoms with Gasteiger partial charge in [-0.1, -0.05) is 24.3 Å². The Kier molecular flexibility index (Phi) is 6.51. The molecule has 0 aliphatic heterocycles. The summed E-state index contributed by atoms with van der Waals surface area (Å²) in [6.45, 7) is 4.00. The average Bonchev–Trinajstić information content (AvgIpc) is 3.19. The van der Waals surface area contributed by atoms with Crippen LogP contribution in [0, 0.1) is 13.8 Å². The maximum Gasteiger partial charge on any atom is 0.573 e. The third-order valence-corrected chi connectivity index (χ3v) is 5.16. The number of rotatable bonds is 5. The highest BCUT2D eigenvalue weighted by Gasteiger charge is 2.31. The van der Waals surface area contributed by atoms with Crippen molar-refractivity contribution in [1.29, 1.82) is 0 Å². The molecule has 0 unspecified atom stereocenters. The van der Waals surface area contributed by atoms with E-state index < -0.39 is 6.36 Å². The van der Waals surface area contributed by atoms with Crippen molar-refractivity contribution in [1.82, 2.24) is 15.2 Å². The topological polar surface area (TPSA) is 63.5 Å². The van der Waals surface area contributed by atoms with Crippen LogP contribution in [0.15, 0.2) is 72.0 Å². The van der Waals surface area contributed by atoms with E-state index in [1.807, 2.05) is 50.2 Å². The van der Waals surface area contributed by atoms with Gasteiger partial charge in [0.05, 0.1) is 17.4 Å². The molecule has 0 aliphatic rings. The number of halogens is 3. The Morgan fingerprint density at radius 3 is 2.44 bits per heavy atom. The van der Waals surface area contributed by atoms with E-state index in [0.717, 1.165) is 33.3 Å². The second kappa shape index (κ2) is 9.52. The molecule has 0 bridgehead atoms. The molecule has 0 spiro atoms. The van der Waals surface area contributed by atoms with E-state index in [4.69, 9.17) is 12.2 Å². The van der Waals surface area contributed by atoms with Gasteiger partial charge < -0.3 is 10.1 Å². The number of hydrogen-bond donors (Lipinski definition) is 2. The summed E-state index contributed by atoms with van der Waals surface area (Å²) >= 11 is 5.32. The van der Waals surface area contributed by atoms with Crippen molar-refractivity contribution in [2.75, 3.05) is 5.32 Å². The van der Waals surface area contributed by atoms with Crippen LogP contribution in [-0.2, 0) is 0 Å². The van der Waals surface area contributed by atoms with Crippen molar-refractivity contribution in [2.24, 2.45) is 5.10 Å². The molecule has 6 nitrogen and oxygen atoms in total. The zero-order valence-corrected chi connectivity index (χ0v) is 19.0. The Balaban J connectivity index is 1.43. The van der Waals surface area contributed by atoms with Crippen LogP contribution < -0.4 is 15.5 Å². The molecule has 0 saturated carbocycles. The van der Waals surface area contributed by atoms with Gasteiger partial charge in [-0.25, -0.2) is 4.68 Å². The molecule has 0 aliphatic carbocycles. The lowest BCUT2D eigenvalue weighted by Crippen LogP contribution is -2.24. The number of hydrazone groups is 1. The van der Waals surface area contributed by atoms with Crippen molar-refractivity contribution in [3.63, 3.8) is 0 Å². The zero-order chi connectivity index (χ0) is 24.3. The summed E-state index contributed by atoms with van der Waals surface area (Å²) in [5, 5.41) is 13.0. The highest BCUT2D eigenvalue weighted by Crippen LogP contribution is 2.24. The lowest BCUT2D eigenvalue weighted by Gasteiger charge is -2.12. The Bertz CT molecular complexity index is 1340. The first-order valence-electron chi connectivity index (χ1n) is 10.2. The van der Waals surface area contributed by atoms with Crippen molar-refractivity contribution in [2.45, 2.75) is 20.2 Å². The van der Waals surface area contributed by atoms with Crippen LogP contribution in [0.2, 0.25) is 0 Å². The monoisotopic (exact) mass is 483 g/mol. The number of para-hydroxylation sites is 1. The lowest BCUT2D eigenvalue weighted by atomic mass is 10.1. The van der Waals surface area contributed by atoms with E-state index in [1.165, 1.54) is 24.3 Å². The maximum atomic E-state index is 12.3. The Morgan fingerprint density at radius 2 is 1.76 bits per heavy atom. The van der Waals surface area contributed by atoms with E-state index in [9.17, 15) is 13.2 Å². The molecule has 0 atom stereocenters. The van der Waals surface area contributed by atoms with Gasteiger partial charge in [0.2, 0.25) is 0 Å². The molecule has 4 rings (SSSR count). The van der Waals surface area contributed by atoms with E-state index in [2.05, 4.69) is 25.7 Å². The summed E-state index contributed by atoms with van der Waals surface area (Å²) < 4.78 is 42.5. The van der Waals surface area contributed by atoms with Crippen molar-refractivity contribution in [3.8, 4) is 11.4 Å². The molecule has 0 radical (unpaired) electrons. The Labute approximate surface area is 199 Å². The number of fused-ring (bicyclic) bond motifs is 1. The molecule has 10 heteroatoms. The van der Waals surface area contributed by atoms with Crippen molar-refractivity contribution in [3.05, 3.63) is 83.6 Å². The van der Waals surface area contributed by atoms with Gasteiger partial charge in [0.1, 0.15) is 5.75 Å². The first kappa shape index (κ1) is 23.2. The van der Waals surface area contributed by atoms with E-state index in [1.54, 1.807) is 17.1 Å². The van der Waals surface area contributed by atoms with Gasteiger partial charge in [0.25, 0.3) is 0 Å². The summed E-state index contributed by atoms with van der Waals surface area (Å²) in [6.07, 6.45) is -1.31. The summed E-state index contributed by atoms with van der Waals surface area (Å²) in [7, 11) is 0. The summed E-state index contributed by atoms with van der Waals surface area (Å²) in [5.41, 5.74) is 8.08. The predicted molar refractivity (Wildman–Crippen MR) is 131 cm³/mol. The van der Waals surface area contributed by atoms with Gasteiger partial charge in [-0.2, -0.15) is 10.2 Å². The van der Waals surface area contributed by atoms with Gasteiger partial charge in [-0.05, 0) is 79.2 Å². The normalized spacial score (nSPS) is 11.7. The van der Waals surface area contributed by atoms with Crippen LogP contribution in [0.3, 0.4) is 0 Å². The predicted octanol–water partition coefficient (Wildman–Crippen LogP) is 5.86. The molecule has 1 aromatic heterocycles. The highest BCUT2D eigenvalue weighted by molar-refractivity contribution is 7.80. The molecule has 34 heavy (non-hydrogen) atoms. The SMILES string of the molecule is Cc1cccc(C)c1NC(=S)NN=Cc1ccc2nn(-c3ccc(OC(F)(F)F)cc3)cc2c1. The van der Waals surface area contributed by atoms with Crippen LogP contribution >= 0.6 is 12.2 Å². The highest BCUT2D eigenvalue weighted by atomic mass is 32.1. The molecule has 0 amide bonds. The smallest absolute Gasteiger partial charge is 0.406 e. The molecule has 1 heterocycles. The quantitative estimate of drug-likeness (QED) is 0.211. The third kappa shape index (κ3) is 5.70. The number of thiocarbonyl (C=S) groups is 1. The fraction of sp³-hybridized carbons (Fsp3) is 0.125. The van der Waals surface area contributed by atoms with Gasteiger partial charge in [-0.15, -0.1) is 13.2 Å². The third-order valence-electron chi connectivity index (χ3n) is 4.96. The number of nitrogens with zero attached hydrogens (tertiary/aromatic N) is 3. The summed E-state index contributed by atoms with van der Waals surface area (Å²) in [5.74, 6) is -0.288. The number of ether oxygens (including phenoxy) is 1. The minimum Gasteiger partial charge on any atom is -0.406 e.